The lowest BCUT2D eigenvalue weighted by Crippen LogP contribution is -2.15. The van der Waals surface area contributed by atoms with Gasteiger partial charge >= 0.3 is 0 Å². The van der Waals surface area contributed by atoms with E-state index >= 15 is 0 Å². The zero-order valence-electron chi connectivity index (χ0n) is 11.5. The summed E-state index contributed by atoms with van der Waals surface area (Å²) in [4.78, 5) is 16.2. The molecule has 2 rings (SSSR count). The van der Waals surface area contributed by atoms with Crippen LogP contribution >= 0.6 is 0 Å². The molecule has 1 aromatic carbocycles. The van der Waals surface area contributed by atoms with Crippen LogP contribution in [0, 0.1) is 5.92 Å². The fraction of sp³-hybridized carbons (Fsp3) is 0.375. The third-order valence-electron chi connectivity index (χ3n) is 3.20. The topological polar surface area (TPSA) is 42.0 Å². The second-order valence-corrected chi connectivity index (χ2v) is 5.06. The molecule has 0 spiro atoms. The average molecular weight is 256 g/mol. The van der Waals surface area contributed by atoms with E-state index < -0.39 is 0 Å². The van der Waals surface area contributed by atoms with E-state index in [0.29, 0.717) is 12.3 Å². The number of benzene rings is 1. The van der Waals surface area contributed by atoms with Gasteiger partial charge in [-0.15, -0.1) is 0 Å². The monoisotopic (exact) mass is 256 g/mol. The summed E-state index contributed by atoms with van der Waals surface area (Å²) in [7, 11) is 0. The number of carbonyl (C=O) groups excluding carboxylic acids is 1. The highest BCUT2D eigenvalue weighted by atomic mass is 16.1. The smallest absolute Gasteiger partial charge is 0.224 e. The zero-order valence-corrected chi connectivity index (χ0v) is 11.5. The van der Waals surface area contributed by atoms with Crippen LogP contribution in [0.3, 0.4) is 0 Å². The number of hydrogen-bond acceptors (Lipinski definition) is 2. The number of pyridine rings is 1. The van der Waals surface area contributed by atoms with Gasteiger partial charge in [0.25, 0.3) is 0 Å². The maximum absolute atomic E-state index is 11.9. The van der Waals surface area contributed by atoms with E-state index in [4.69, 9.17) is 0 Å². The fourth-order valence-electron chi connectivity index (χ4n) is 2.28. The number of carbonyl (C=O) groups is 1. The molecule has 3 heteroatoms. The Kier molecular flexibility index (Phi) is 4.50. The molecule has 0 aliphatic rings. The summed E-state index contributed by atoms with van der Waals surface area (Å²) in [6.07, 6.45) is 4.57. The first kappa shape index (κ1) is 13.5. The molecule has 0 aliphatic heterocycles. The van der Waals surface area contributed by atoms with Crippen LogP contribution in [0.15, 0.2) is 36.5 Å². The van der Waals surface area contributed by atoms with Gasteiger partial charge in [-0.3, -0.25) is 9.78 Å². The molecule has 0 saturated carbocycles. The molecular weight excluding hydrogens is 236 g/mol. The van der Waals surface area contributed by atoms with Gasteiger partial charge in [-0.2, -0.15) is 0 Å². The highest BCUT2D eigenvalue weighted by Crippen LogP contribution is 2.18. The van der Waals surface area contributed by atoms with Crippen LogP contribution in [0.4, 0.5) is 5.69 Å². The predicted octanol–water partition coefficient (Wildman–Crippen LogP) is 4.00. The summed E-state index contributed by atoms with van der Waals surface area (Å²) in [5.41, 5.74) is 1.79. The minimum atomic E-state index is 0.0872. The van der Waals surface area contributed by atoms with E-state index in [0.717, 1.165) is 29.4 Å². The van der Waals surface area contributed by atoms with Crippen molar-refractivity contribution >= 4 is 22.5 Å². The Hall–Kier alpha value is -1.90. The van der Waals surface area contributed by atoms with Crippen LogP contribution in [0.2, 0.25) is 0 Å². The Morgan fingerprint density at radius 3 is 3.00 bits per heavy atom. The van der Waals surface area contributed by atoms with Gasteiger partial charge in [0.05, 0.1) is 5.52 Å². The summed E-state index contributed by atoms with van der Waals surface area (Å²) in [6.45, 7) is 4.26. The molecule has 0 radical (unpaired) electrons. The van der Waals surface area contributed by atoms with Gasteiger partial charge in [0.1, 0.15) is 0 Å². The van der Waals surface area contributed by atoms with Crippen molar-refractivity contribution in [2.75, 3.05) is 5.32 Å². The molecule has 1 amide bonds. The van der Waals surface area contributed by atoms with Crippen molar-refractivity contribution < 1.29 is 4.79 Å². The number of amides is 1. The highest BCUT2D eigenvalue weighted by molar-refractivity contribution is 5.93. The van der Waals surface area contributed by atoms with E-state index in [-0.39, 0.29) is 5.91 Å². The van der Waals surface area contributed by atoms with Crippen LogP contribution < -0.4 is 5.32 Å². The van der Waals surface area contributed by atoms with E-state index in [1.807, 2.05) is 30.3 Å². The van der Waals surface area contributed by atoms with E-state index in [2.05, 4.69) is 24.1 Å². The van der Waals surface area contributed by atoms with Crippen molar-refractivity contribution in [1.29, 1.82) is 0 Å². The lowest BCUT2D eigenvalue weighted by molar-refractivity contribution is -0.117. The second-order valence-electron chi connectivity index (χ2n) is 5.06. The van der Waals surface area contributed by atoms with Crippen molar-refractivity contribution in [2.24, 2.45) is 5.92 Å². The second kappa shape index (κ2) is 6.32. The first-order chi connectivity index (χ1) is 9.19. The Morgan fingerprint density at radius 1 is 1.37 bits per heavy atom. The fourth-order valence-corrected chi connectivity index (χ4v) is 2.28. The molecule has 2 aromatic rings. The molecule has 19 heavy (non-hydrogen) atoms. The number of nitrogens with one attached hydrogen (secondary N) is 1. The largest absolute Gasteiger partial charge is 0.326 e. The van der Waals surface area contributed by atoms with Gasteiger partial charge in [-0.1, -0.05) is 32.8 Å². The number of anilines is 1. The van der Waals surface area contributed by atoms with Gasteiger partial charge in [-0.25, -0.2) is 0 Å². The lowest BCUT2D eigenvalue weighted by atomic mass is 10.0. The minimum Gasteiger partial charge on any atom is -0.326 e. The van der Waals surface area contributed by atoms with Gasteiger partial charge < -0.3 is 5.32 Å². The summed E-state index contributed by atoms with van der Waals surface area (Å²) < 4.78 is 0. The molecular formula is C16H20N2O. The van der Waals surface area contributed by atoms with Crippen LogP contribution in [-0.2, 0) is 4.79 Å². The number of rotatable bonds is 5. The van der Waals surface area contributed by atoms with Crippen molar-refractivity contribution in [3.05, 3.63) is 36.5 Å². The summed E-state index contributed by atoms with van der Waals surface area (Å²) in [5.74, 6) is 0.524. The highest BCUT2D eigenvalue weighted by Gasteiger charge is 2.08. The number of hydrogen-bond donors (Lipinski definition) is 1. The van der Waals surface area contributed by atoms with Crippen molar-refractivity contribution in [2.45, 2.75) is 33.1 Å². The van der Waals surface area contributed by atoms with Crippen molar-refractivity contribution in [1.82, 2.24) is 4.98 Å². The summed E-state index contributed by atoms with van der Waals surface area (Å²) in [5, 5.41) is 4.00. The van der Waals surface area contributed by atoms with Gasteiger partial charge in [0, 0.05) is 23.7 Å². The summed E-state index contributed by atoms with van der Waals surface area (Å²) in [6, 6.07) is 9.69. The molecule has 3 nitrogen and oxygen atoms in total. The van der Waals surface area contributed by atoms with E-state index in [9.17, 15) is 4.79 Å². The van der Waals surface area contributed by atoms with Crippen LogP contribution in [0.1, 0.15) is 33.1 Å². The molecule has 1 N–H and O–H groups in total. The Balaban J connectivity index is 2.02. The molecule has 1 aromatic heterocycles. The van der Waals surface area contributed by atoms with Gasteiger partial charge in [-0.05, 0) is 30.2 Å². The normalized spacial score (nSPS) is 12.3. The average Bonchev–Trinajstić information content (AvgIpc) is 2.38. The maximum Gasteiger partial charge on any atom is 0.224 e. The molecule has 1 atom stereocenters. The quantitative estimate of drug-likeness (QED) is 0.878. The summed E-state index contributed by atoms with van der Waals surface area (Å²) >= 11 is 0. The van der Waals surface area contributed by atoms with E-state index in [1.54, 1.807) is 6.20 Å². The molecule has 1 heterocycles. The van der Waals surface area contributed by atoms with Crippen LogP contribution in [0.5, 0.6) is 0 Å². The Labute approximate surface area is 114 Å². The van der Waals surface area contributed by atoms with E-state index in [1.165, 1.54) is 0 Å². The third kappa shape index (κ3) is 3.78. The number of nitrogens with zero attached hydrogens (tertiary/aromatic N) is 1. The molecule has 0 bridgehead atoms. The number of aromatic nitrogens is 1. The molecule has 1 unspecified atom stereocenters. The van der Waals surface area contributed by atoms with Crippen molar-refractivity contribution in [3.8, 4) is 0 Å². The van der Waals surface area contributed by atoms with Crippen LogP contribution in [-0.4, -0.2) is 10.9 Å². The molecule has 0 fully saturated rings. The van der Waals surface area contributed by atoms with Crippen LogP contribution in [0.25, 0.3) is 10.9 Å². The maximum atomic E-state index is 11.9. The van der Waals surface area contributed by atoms with Crippen molar-refractivity contribution in [3.63, 3.8) is 0 Å². The molecule has 0 aliphatic carbocycles. The lowest BCUT2D eigenvalue weighted by Gasteiger charge is -2.10. The Morgan fingerprint density at radius 2 is 2.21 bits per heavy atom. The standard InChI is InChI=1S/C16H20N2O/c1-3-5-12(2)10-16(19)18-14-7-8-15-13(11-14)6-4-9-17-15/h4,6-9,11-12H,3,5,10H2,1-2H3,(H,18,19). The first-order valence-corrected chi connectivity index (χ1v) is 6.83. The SMILES string of the molecule is CCCC(C)CC(=O)Nc1ccc2ncccc2c1. The minimum absolute atomic E-state index is 0.0872. The predicted molar refractivity (Wildman–Crippen MR) is 79.1 cm³/mol. The first-order valence-electron chi connectivity index (χ1n) is 6.83. The zero-order chi connectivity index (χ0) is 13.7. The third-order valence-corrected chi connectivity index (χ3v) is 3.20. The molecule has 100 valence electrons. The van der Waals surface area contributed by atoms with Gasteiger partial charge in [0.15, 0.2) is 0 Å². The number of fused-ring (bicyclic) bond motifs is 1. The molecule has 0 saturated heterocycles. The Bertz CT molecular complexity index is 565. The van der Waals surface area contributed by atoms with Gasteiger partial charge in [0.2, 0.25) is 5.91 Å².